The SMILES string of the molecule is COc1ccc(CSC(C)(C)[C@H](N)C(=O)N2CCC[C@H]2C#N)cc1.Cl. The van der Waals surface area contributed by atoms with Crippen molar-refractivity contribution in [2.45, 2.75) is 49.3 Å². The van der Waals surface area contributed by atoms with Crippen LogP contribution in [0.1, 0.15) is 32.3 Å². The largest absolute Gasteiger partial charge is 0.497 e. The Morgan fingerprint density at radius 3 is 2.68 bits per heavy atom. The number of nitriles is 1. The third-order valence-electron chi connectivity index (χ3n) is 4.47. The Hall–Kier alpha value is -1.42. The molecule has 1 saturated heterocycles. The van der Waals surface area contributed by atoms with Crippen LogP contribution in [-0.2, 0) is 10.5 Å². The van der Waals surface area contributed by atoms with Crippen molar-refractivity contribution in [3.05, 3.63) is 29.8 Å². The first kappa shape index (κ1) is 21.6. The zero-order chi connectivity index (χ0) is 17.7. The van der Waals surface area contributed by atoms with Gasteiger partial charge in [0.2, 0.25) is 5.91 Å². The van der Waals surface area contributed by atoms with Gasteiger partial charge in [-0.05, 0) is 44.4 Å². The maximum absolute atomic E-state index is 12.7. The molecule has 7 heteroatoms. The van der Waals surface area contributed by atoms with Crippen LogP contribution in [0.5, 0.6) is 5.75 Å². The average Bonchev–Trinajstić information content (AvgIpc) is 3.07. The molecule has 138 valence electrons. The van der Waals surface area contributed by atoms with E-state index >= 15 is 0 Å². The Bertz CT molecular complexity index is 616. The van der Waals surface area contributed by atoms with E-state index < -0.39 is 10.8 Å². The van der Waals surface area contributed by atoms with E-state index in [1.807, 2.05) is 38.1 Å². The van der Waals surface area contributed by atoms with Gasteiger partial charge in [-0.1, -0.05) is 12.1 Å². The predicted octanol–water partition coefficient (Wildman–Crippen LogP) is 2.97. The maximum Gasteiger partial charge on any atom is 0.241 e. The van der Waals surface area contributed by atoms with Crippen molar-refractivity contribution in [2.75, 3.05) is 13.7 Å². The fraction of sp³-hybridized carbons (Fsp3) is 0.556. The van der Waals surface area contributed by atoms with Gasteiger partial charge in [-0.2, -0.15) is 5.26 Å². The number of hydrogen-bond donors (Lipinski definition) is 1. The summed E-state index contributed by atoms with van der Waals surface area (Å²) >= 11 is 1.65. The van der Waals surface area contributed by atoms with Gasteiger partial charge in [0.1, 0.15) is 11.8 Å². The van der Waals surface area contributed by atoms with E-state index in [9.17, 15) is 4.79 Å². The second-order valence-corrected chi connectivity index (χ2v) is 8.17. The van der Waals surface area contributed by atoms with E-state index in [0.717, 1.165) is 29.9 Å². The van der Waals surface area contributed by atoms with Crippen molar-refractivity contribution in [1.29, 1.82) is 5.26 Å². The molecule has 1 heterocycles. The molecule has 1 aliphatic heterocycles. The van der Waals surface area contributed by atoms with Gasteiger partial charge in [-0.3, -0.25) is 4.79 Å². The van der Waals surface area contributed by atoms with Gasteiger partial charge in [0.05, 0.1) is 19.2 Å². The second-order valence-electron chi connectivity index (χ2n) is 6.54. The lowest BCUT2D eigenvalue weighted by atomic mass is 10.0. The van der Waals surface area contributed by atoms with Crippen molar-refractivity contribution in [2.24, 2.45) is 5.73 Å². The van der Waals surface area contributed by atoms with E-state index in [-0.39, 0.29) is 24.4 Å². The number of carbonyl (C=O) groups excluding carboxylic acids is 1. The minimum atomic E-state index is -0.630. The first-order valence-corrected chi connectivity index (χ1v) is 9.10. The van der Waals surface area contributed by atoms with Crippen LogP contribution < -0.4 is 10.5 Å². The van der Waals surface area contributed by atoms with E-state index in [0.29, 0.717) is 6.54 Å². The van der Waals surface area contributed by atoms with Crippen LogP contribution in [-0.4, -0.2) is 41.3 Å². The molecule has 2 atom stereocenters. The number of nitrogens with two attached hydrogens (primary N) is 1. The van der Waals surface area contributed by atoms with E-state index in [1.54, 1.807) is 23.8 Å². The van der Waals surface area contributed by atoms with Gasteiger partial charge in [-0.25, -0.2) is 0 Å². The number of hydrogen-bond acceptors (Lipinski definition) is 5. The van der Waals surface area contributed by atoms with Crippen LogP contribution >= 0.6 is 24.2 Å². The topological polar surface area (TPSA) is 79.3 Å². The summed E-state index contributed by atoms with van der Waals surface area (Å²) in [6.07, 6.45) is 1.62. The highest BCUT2D eigenvalue weighted by Crippen LogP contribution is 2.32. The molecule has 0 spiro atoms. The fourth-order valence-electron chi connectivity index (χ4n) is 2.72. The zero-order valence-corrected chi connectivity index (χ0v) is 16.5. The number of methoxy groups -OCH3 is 1. The summed E-state index contributed by atoms with van der Waals surface area (Å²) in [5.74, 6) is 1.47. The maximum atomic E-state index is 12.7. The first-order chi connectivity index (χ1) is 11.4. The summed E-state index contributed by atoms with van der Waals surface area (Å²) in [4.78, 5) is 14.3. The number of amides is 1. The summed E-state index contributed by atoms with van der Waals surface area (Å²) in [5.41, 5.74) is 7.42. The molecule has 2 rings (SSSR count). The molecule has 1 aliphatic rings. The lowest BCUT2D eigenvalue weighted by Crippen LogP contribution is -2.54. The molecule has 5 nitrogen and oxygen atoms in total. The summed E-state index contributed by atoms with van der Waals surface area (Å²) < 4.78 is 4.74. The standard InChI is InChI=1S/C18H25N3O2S.ClH/c1-18(2,24-12-13-6-8-15(23-3)9-7-13)16(20)17(22)21-10-4-5-14(21)11-19;/h6-9,14,16H,4-5,10,12,20H2,1-3H3;1H/t14-,16+;/m0./s1. The molecule has 0 aromatic heterocycles. The van der Waals surface area contributed by atoms with Crippen LogP contribution in [0.4, 0.5) is 0 Å². The van der Waals surface area contributed by atoms with Crippen molar-refractivity contribution >= 4 is 30.1 Å². The van der Waals surface area contributed by atoms with Gasteiger partial charge in [0.15, 0.2) is 0 Å². The van der Waals surface area contributed by atoms with Gasteiger partial charge < -0.3 is 15.4 Å². The molecule has 1 fully saturated rings. The smallest absolute Gasteiger partial charge is 0.241 e. The van der Waals surface area contributed by atoms with E-state index in [2.05, 4.69) is 6.07 Å². The van der Waals surface area contributed by atoms with Gasteiger partial charge in [0.25, 0.3) is 0 Å². The molecule has 0 unspecified atom stereocenters. The molecular weight excluding hydrogens is 358 g/mol. The Balaban J connectivity index is 0.00000312. The minimum absolute atomic E-state index is 0. The summed E-state index contributed by atoms with van der Waals surface area (Å²) in [6.45, 7) is 4.60. The number of benzene rings is 1. The number of likely N-dealkylation sites (tertiary alicyclic amines) is 1. The van der Waals surface area contributed by atoms with Gasteiger partial charge >= 0.3 is 0 Å². The molecule has 2 N–H and O–H groups in total. The molecule has 25 heavy (non-hydrogen) atoms. The highest BCUT2D eigenvalue weighted by Gasteiger charge is 2.39. The van der Waals surface area contributed by atoms with Crippen molar-refractivity contribution in [3.63, 3.8) is 0 Å². The number of carbonyl (C=O) groups is 1. The summed E-state index contributed by atoms with van der Waals surface area (Å²) in [5, 5.41) is 9.16. The number of rotatable bonds is 6. The molecular formula is C18H26ClN3O2S. The van der Waals surface area contributed by atoms with Crippen LogP contribution in [0.25, 0.3) is 0 Å². The van der Waals surface area contributed by atoms with Gasteiger partial charge in [0, 0.05) is 17.0 Å². The fourth-order valence-corrected chi connectivity index (χ4v) is 3.73. The molecule has 0 saturated carbocycles. The Morgan fingerprint density at radius 1 is 1.48 bits per heavy atom. The van der Waals surface area contributed by atoms with Crippen molar-refractivity contribution < 1.29 is 9.53 Å². The van der Waals surface area contributed by atoms with Gasteiger partial charge in [-0.15, -0.1) is 24.2 Å². The summed E-state index contributed by atoms with van der Waals surface area (Å²) in [7, 11) is 1.64. The van der Waals surface area contributed by atoms with E-state index in [1.165, 1.54) is 0 Å². The van der Waals surface area contributed by atoms with Crippen LogP contribution in [0.3, 0.4) is 0 Å². The van der Waals surface area contributed by atoms with Crippen LogP contribution in [0.15, 0.2) is 24.3 Å². The monoisotopic (exact) mass is 383 g/mol. The minimum Gasteiger partial charge on any atom is -0.497 e. The number of ether oxygens (including phenoxy) is 1. The normalized spacial score (nSPS) is 18.2. The molecule has 1 aromatic rings. The van der Waals surface area contributed by atoms with Crippen LogP contribution in [0, 0.1) is 11.3 Å². The molecule has 0 aliphatic carbocycles. The Kier molecular flexibility index (Phi) is 8.07. The number of nitrogens with zero attached hydrogens (tertiary/aromatic N) is 2. The molecule has 1 aromatic carbocycles. The summed E-state index contributed by atoms with van der Waals surface area (Å²) in [6, 6.07) is 9.13. The highest BCUT2D eigenvalue weighted by atomic mass is 35.5. The Labute approximate surface area is 160 Å². The number of halogens is 1. The van der Waals surface area contributed by atoms with E-state index in [4.69, 9.17) is 15.7 Å². The third kappa shape index (κ3) is 5.27. The van der Waals surface area contributed by atoms with Crippen LogP contribution in [0.2, 0.25) is 0 Å². The quantitative estimate of drug-likeness (QED) is 0.816. The second kappa shape index (κ2) is 9.33. The highest BCUT2D eigenvalue weighted by molar-refractivity contribution is 7.99. The zero-order valence-electron chi connectivity index (χ0n) is 14.9. The lowest BCUT2D eigenvalue weighted by Gasteiger charge is -2.33. The predicted molar refractivity (Wildman–Crippen MR) is 104 cm³/mol. The average molecular weight is 384 g/mol. The molecule has 1 amide bonds. The molecule has 0 bridgehead atoms. The Morgan fingerprint density at radius 2 is 2.12 bits per heavy atom. The van der Waals surface area contributed by atoms with Crippen molar-refractivity contribution in [1.82, 2.24) is 4.90 Å². The third-order valence-corrected chi connectivity index (χ3v) is 5.95. The number of thioether (sulfide) groups is 1. The first-order valence-electron chi connectivity index (χ1n) is 8.11. The lowest BCUT2D eigenvalue weighted by molar-refractivity contribution is -0.133. The van der Waals surface area contributed by atoms with Crippen molar-refractivity contribution in [3.8, 4) is 11.8 Å². The molecule has 0 radical (unpaired) electrons.